The lowest BCUT2D eigenvalue weighted by molar-refractivity contribution is -0.0339. The van der Waals surface area contributed by atoms with Crippen molar-refractivity contribution in [1.82, 2.24) is 4.98 Å². The second-order valence-corrected chi connectivity index (χ2v) is 5.34. The van der Waals surface area contributed by atoms with Gasteiger partial charge < -0.3 is 9.84 Å². The summed E-state index contributed by atoms with van der Waals surface area (Å²) >= 11 is 0. The number of nitrogens with zero attached hydrogens (tertiary/aromatic N) is 1. The molecule has 94 valence electrons. The molecule has 0 aliphatic heterocycles. The van der Waals surface area contributed by atoms with E-state index in [4.69, 9.17) is 4.74 Å². The van der Waals surface area contributed by atoms with Crippen LogP contribution in [0.5, 0.6) is 5.75 Å². The number of hydrogen-bond acceptors (Lipinski definition) is 3. The molecule has 2 rings (SSSR count). The largest absolute Gasteiger partial charge is 0.495 e. The lowest BCUT2D eigenvalue weighted by Crippen LogP contribution is -2.35. The molecule has 1 heterocycles. The molecule has 1 aliphatic carbocycles. The van der Waals surface area contributed by atoms with Crippen molar-refractivity contribution in [2.75, 3.05) is 7.11 Å². The van der Waals surface area contributed by atoms with E-state index in [1.165, 1.54) is 0 Å². The van der Waals surface area contributed by atoms with Crippen LogP contribution in [0.1, 0.15) is 38.7 Å². The maximum Gasteiger partial charge on any atom is 0.137 e. The average molecular weight is 235 g/mol. The topological polar surface area (TPSA) is 42.4 Å². The van der Waals surface area contributed by atoms with Crippen LogP contribution in [0.2, 0.25) is 0 Å². The number of aliphatic hydroxyl groups is 1. The summed E-state index contributed by atoms with van der Waals surface area (Å²) in [6.07, 6.45) is 6.11. The van der Waals surface area contributed by atoms with Gasteiger partial charge in [0.1, 0.15) is 5.75 Å². The molecule has 1 fully saturated rings. The van der Waals surface area contributed by atoms with Crippen molar-refractivity contribution < 1.29 is 9.84 Å². The fourth-order valence-electron chi connectivity index (χ4n) is 2.63. The zero-order valence-electron chi connectivity index (χ0n) is 10.8. The highest BCUT2D eigenvalue weighted by Gasteiger charge is 2.37. The van der Waals surface area contributed by atoms with E-state index in [9.17, 15) is 5.11 Å². The third kappa shape index (κ3) is 2.44. The monoisotopic (exact) mass is 235 g/mol. The summed E-state index contributed by atoms with van der Waals surface area (Å²) in [6, 6.07) is 1.90. The molecular formula is C14H21NO2. The second-order valence-electron chi connectivity index (χ2n) is 5.34. The van der Waals surface area contributed by atoms with Crippen LogP contribution >= 0.6 is 0 Å². The van der Waals surface area contributed by atoms with Gasteiger partial charge in [-0.3, -0.25) is 4.98 Å². The van der Waals surface area contributed by atoms with Crippen LogP contribution in [-0.2, 0) is 5.60 Å². The number of pyridine rings is 1. The molecular weight excluding hydrogens is 214 g/mol. The molecule has 0 aromatic carbocycles. The average Bonchev–Trinajstić information content (AvgIpc) is 2.34. The first-order chi connectivity index (χ1) is 8.05. The fourth-order valence-corrected chi connectivity index (χ4v) is 2.63. The third-order valence-corrected chi connectivity index (χ3v) is 4.13. The van der Waals surface area contributed by atoms with Crippen molar-refractivity contribution >= 4 is 0 Å². The zero-order chi connectivity index (χ0) is 12.5. The molecule has 3 unspecified atom stereocenters. The maximum atomic E-state index is 10.8. The van der Waals surface area contributed by atoms with E-state index in [0.29, 0.717) is 17.6 Å². The van der Waals surface area contributed by atoms with Gasteiger partial charge in [0.15, 0.2) is 0 Å². The van der Waals surface area contributed by atoms with Crippen LogP contribution in [0.15, 0.2) is 18.5 Å². The van der Waals surface area contributed by atoms with Crippen LogP contribution in [0.3, 0.4) is 0 Å². The van der Waals surface area contributed by atoms with E-state index in [1.54, 1.807) is 19.5 Å². The molecule has 0 bridgehead atoms. The van der Waals surface area contributed by atoms with Gasteiger partial charge in [0.25, 0.3) is 0 Å². The molecule has 17 heavy (non-hydrogen) atoms. The van der Waals surface area contributed by atoms with Gasteiger partial charge in [-0.05, 0) is 37.2 Å². The molecule has 1 aromatic rings. The molecule has 3 heteroatoms. The number of ether oxygens (including phenoxy) is 1. The Labute approximate surface area is 103 Å². The quantitative estimate of drug-likeness (QED) is 0.857. The van der Waals surface area contributed by atoms with Crippen LogP contribution in [-0.4, -0.2) is 17.2 Å². The summed E-state index contributed by atoms with van der Waals surface area (Å²) in [5, 5.41) is 10.8. The molecule has 1 saturated carbocycles. The molecule has 3 atom stereocenters. The Morgan fingerprint density at radius 1 is 1.35 bits per heavy atom. The predicted molar refractivity (Wildman–Crippen MR) is 66.9 cm³/mol. The summed E-state index contributed by atoms with van der Waals surface area (Å²) in [5.41, 5.74) is 0.156. The number of methoxy groups -OCH3 is 1. The number of aromatic nitrogens is 1. The Hall–Kier alpha value is -1.09. The van der Waals surface area contributed by atoms with E-state index in [2.05, 4.69) is 18.8 Å². The highest BCUT2D eigenvalue weighted by molar-refractivity contribution is 5.28. The van der Waals surface area contributed by atoms with Gasteiger partial charge in [-0.1, -0.05) is 13.8 Å². The zero-order valence-corrected chi connectivity index (χ0v) is 10.8. The minimum atomic E-state index is -0.729. The highest BCUT2D eigenvalue weighted by atomic mass is 16.5. The van der Waals surface area contributed by atoms with Crippen LogP contribution in [0.4, 0.5) is 0 Å². The van der Waals surface area contributed by atoms with Gasteiger partial charge >= 0.3 is 0 Å². The summed E-state index contributed by atoms with van der Waals surface area (Å²) in [4.78, 5) is 4.13. The third-order valence-electron chi connectivity index (χ3n) is 4.13. The smallest absolute Gasteiger partial charge is 0.137 e. The number of hydrogen-bond donors (Lipinski definition) is 1. The van der Waals surface area contributed by atoms with Crippen LogP contribution in [0.25, 0.3) is 0 Å². The van der Waals surface area contributed by atoms with Crippen molar-refractivity contribution in [1.29, 1.82) is 0 Å². The van der Waals surface area contributed by atoms with Gasteiger partial charge in [-0.15, -0.1) is 0 Å². The second kappa shape index (κ2) is 4.65. The van der Waals surface area contributed by atoms with Crippen molar-refractivity contribution in [3.63, 3.8) is 0 Å². The van der Waals surface area contributed by atoms with E-state index in [1.807, 2.05) is 6.07 Å². The van der Waals surface area contributed by atoms with E-state index >= 15 is 0 Å². The predicted octanol–water partition coefficient (Wildman–Crippen LogP) is 2.73. The van der Waals surface area contributed by atoms with Gasteiger partial charge in [0, 0.05) is 11.8 Å². The van der Waals surface area contributed by atoms with Crippen molar-refractivity contribution in [2.45, 2.75) is 38.7 Å². The molecule has 0 radical (unpaired) electrons. The van der Waals surface area contributed by atoms with Crippen molar-refractivity contribution in [2.24, 2.45) is 11.8 Å². The Bertz CT molecular complexity index is 394. The summed E-state index contributed by atoms with van der Waals surface area (Å²) in [7, 11) is 1.62. The standard InChI is InChI=1S/C14H21NO2/c1-10-4-5-14(16,7-11(10)2)12-6-13(17-3)9-15-8-12/h6,8-11,16H,4-5,7H2,1-3H3. The maximum absolute atomic E-state index is 10.8. The molecule has 0 amide bonds. The molecule has 1 N–H and O–H groups in total. The minimum Gasteiger partial charge on any atom is -0.495 e. The first-order valence-corrected chi connectivity index (χ1v) is 6.27. The lowest BCUT2D eigenvalue weighted by atomic mass is 9.71. The lowest BCUT2D eigenvalue weighted by Gasteiger charge is -2.39. The Morgan fingerprint density at radius 2 is 2.12 bits per heavy atom. The summed E-state index contributed by atoms with van der Waals surface area (Å²) in [6.45, 7) is 4.47. The molecule has 1 aromatic heterocycles. The Morgan fingerprint density at radius 3 is 2.76 bits per heavy atom. The Balaban J connectivity index is 2.25. The van der Waals surface area contributed by atoms with Gasteiger partial charge in [-0.25, -0.2) is 0 Å². The SMILES string of the molecule is COc1cncc(C2(O)CCC(C)C(C)C2)c1. The van der Waals surface area contributed by atoms with E-state index < -0.39 is 5.60 Å². The Kier molecular flexibility index (Phi) is 3.38. The molecule has 0 saturated heterocycles. The first-order valence-electron chi connectivity index (χ1n) is 6.27. The number of rotatable bonds is 2. The summed E-state index contributed by atoms with van der Waals surface area (Å²) in [5.74, 6) is 1.94. The molecule has 3 nitrogen and oxygen atoms in total. The van der Waals surface area contributed by atoms with E-state index in [0.717, 1.165) is 24.8 Å². The van der Waals surface area contributed by atoms with Gasteiger partial charge in [0.05, 0.1) is 18.9 Å². The normalized spacial score (nSPS) is 33.4. The van der Waals surface area contributed by atoms with Crippen LogP contribution < -0.4 is 4.74 Å². The molecule has 0 spiro atoms. The minimum absolute atomic E-state index is 0.542. The van der Waals surface area contributed by atoms with Gasteiger partial charge in [0.2, 0.25) is 0 Å². The highest BCUT2D eigenvalue weighted by Crippen LogP contribution is 2.42. The van der Waals surface area contributed by atoms with Gasteiger partial charge in [-0.2, -0.15) is 0 Å². The van der Waals surface area contributed by atoms with Crippen molar-refractivity contribution in [3.05, 3.63) is 24.0 Å². The van der Waals surface area contributed by atoms with E-state index in [-0.39, 0.29) is 0 Å². The molecule has 1 aliphatic rings. The fraction of sp³-hybridized carbons (Fsp3) is 0.643. The first kappa shape index (κ1) is 12.4. The van der Waals surface area contributed by atoms with Crippen LogP contribution in [0, 0.1) is 11.8 Å². The summed E-state index contributed by atoms with van der Waals surface area (Å²) < 4.78 is 5.17. The van der Waals surface area contributed by atoms with Crippen molar-refractivity contribution in [3.8, 4) is 5.75 Å².